The fraction of sp³-hybridized carbons (Fsp3) is 0. The minimum Gasteiger partial charge on any atom is -0.494 e. The maximum atomic E-state index is 12.5. The van der Waals surface area contributed by atoms with Gasteiger partial charge in [0.25, 0.3) is 0 Å². The summed E-state index contributed by atoms with van der Waals surface area (Å²) in [6, 6.07) is 10.3. The molecule has 0 saturated carbocycles. The number of halogens is 2. The molecule has 0 aliphatic carbocycles. The second-order valence-electron chi connectivity index (χ2n) is 4.97. The Morgan fingerprint density at radius 2 is 1.91 bits per heavy atom. The Morgan fingerprint density at radius 1 is 1.14 bits per heavy atom. The van der Waals surface area contributed by atoms with Crippen LogP contribution in [-0.2, 0) is 0 Å². The molecule has 0 bridgehead atoms. The number of hydrogen-bond acceptors (Lipinski definition) is 3. The minimum absolute atomic E-state index is 0.154. The summed E-state index contributed by atoms with van der Waals surface area (Å²) in [6.45, 7) is 0. The van der Waals surface area contributed by atoms with Gasteiger partial charge >= 0.3 is 0 Å². The lowest BCUT2D eigenvalue weighted by Crippen LogP contribution is -2.10. The van der Waals surface area contributed by atoms with Gasteiger partial charge in [0.15, 0.2) is 5.88 Å². The molecule has 4 nitrogen and oxygen atoms in total. The predicted octanol–water partition coefficient (Wildman–Crippen LogP) is 4.50. The zero-order chi connectivity index (χ0) is 15.4. The van der Waals surface area contributed by atoms with Crippen LogP contribution in [0.2, 0.25) is 10.0 Å². The molecule has 1 aromatic heterocycles. The number of benzene rings is 2. The average molecular weight is 331 g/mol. The number of nitrogens with zero attached hydrogens (tertiary/aromatic N) is 1. The largest absolute Gasteiger partial charge is 0.494 e. The zero-order valence-electron chi connectivity index (χ0n) is 11.0. The van der Waals surface area contributed by atoms with Crippen molar-refractivity contribution in [3.63, 3.8) is 0 Å². The van der Waals surface area contributed by atoms with Crippen molar-refractivity contribution in [1.29, 1.82) is 0 Å². The van der Waals surface area contributed by atoms with Crippen molar-refractivity contribution in [2.45, 2.75) is 0 Å². The van der Waals surface area contributed by atoms with E-state index in [9.17, 15) is 9.90 Å². The highest BCUT2D eigenvalue weighted by molar-refractivity contribution is 6.57. The van der Waals surface area contributed by atoms with Crippen LogP contribution in [0.1, 0.15) is 15.9 Å². The molecule has 4 rings (SSSR count). The van der Waals surface area contributed by atoms with Crippen molar-refractivity contribution in [2.75, 3.05) is 0 Å². The lowest BCUT2D eigenvalue weighted by Gasteiger charge is -2.00. The second kappa shape index (κ2) is 4.60. The molecule has 0 spiro atoms. The first-order chi connectivity index (χ1) is 10.6. The molecular formula is C16H8Cl2N2O2. The summed E-state index contributed by atoms with van der Waals surface area (Å²) in [6.07, 6.45) is 0. The summed E-state index contributed by atoms with van der Waals surface area (Å²) in [5.74, 6) is -0.387. The number of nitrogens with one attached hydrogen (secondary N) is 1. The highest BCUT2D eigenvalue weighted by Crippen LogP contribution is 2.38. The highest BCUT2D eigenvalue weighted by atomic mass is 35.5. The summed E-state index contributed by atoms with van der Waals surface area (Å²) >= 11 is 12.2. The van der Waals surface area contributed by atoms with Gasteiger partial charge in [-0.15, -0.1) is 0 Å². The van der Waals surface area contributed by atoms with Gasteiger partial charge in [0, 0.05) is 16.0 Å². The standard InChI is InChI=1S/C16H8Cl2N2O2/c17-7-5-9-12(16(22)20-13(9)10(18)6-7)14-15(21)8-3-1-2-4-11(8)19-14/h1-6,20,22H. The van der Waals surface area contributed by atoms with Crippen molar-refractivity contribution in [2.24, 2.45) is 4.99 Å². The summed E-state index contributed by atoms with van der Waals surface area (Å²) in [5.41, 5.74) is 2.12. The van der Waals surface area contributed by atoms with Crippen LogP contribution in [-0.4, -0.2) is 21.6 Å². The monoisotopic (exact) mass is 330 g/mol. The van der Waals surface area contributed by atoms with Crippen LogP contribution in [0.5, 0.6) is 5.88 Å². The Hall–Kier alpha value is -2.30. The number of H-pyrrole nitrogens is 1. The van der Waals surface area contributed by atoms with Crippen molar-refractivity contribution >= 4 is 51.3 Å². The summed E-state index contributed by atoms with van der Waals surface area (Å²) in [5, 5.41) is 11.6. The van der Waals surface area contributed by atoms with Gasteiger partial charge in [0.2, 0.25) is 5.78 Å². The van der Waals surface area contributed by atoms with E-state index in [1.165, 1.54) is 0 Å². The molecule has 108 valence electrons. The average Bonchev–Trinajstić information content (AvgIpc) is 2.97. The molecule has 2 N–H and O–H groups in total. The van der Waals surface area contributed by atoms with Crippen molar-refractivity contribution in [1.82, 2.24) is 4.98 Å². The van der Waals surface area contributed by atoms with E-state index in [0.29, 0.717) is 37.8 Å². The van der Waals surface area contributed by atoms with Crippen LogP contribution in [0.3, 0.4) is 0 Å². The number of aromatic nitrogens is 1. The molecule has 0 fully saturated rings. The number of fused-ring (bicyclic) bond motifs is 2. The first-order valence-corrected chi connectivity index (χ1v) is 7.24. The van der Waals surface area contributed by atoms with E-state index < -0.39 is 0 Å². The SMILES string of the molecule is O=C1C(c2c(O)[nH]c3c(Cl)cc(Cl)cc23)=Nc2ccccc21. The van der Waals surface area contributed by atoms with Gasteiger partial charge in [0.1, 0.15) is 5.71 Å². The number of aliphatic imine (C=N–C) groups is 1. The molecule has 3 aromatic rings. The third-order valence-electron chi connectivity index (χ3n) is 3.64. The Morgan fingerprint density at radius 3 is 2.68 bits per heavy atom. The van der Waals surface area contributed by atoms with Gasteiger partial charge in [-0.3, -0.25) is 4.79 Å². The van der Waals surface area contributed by atoms with E-state index >= 15 is 0 Å². The number of para-hydroxylation sites is 1. The molecule has 0 atom stereocenters. The van der Waals surface area contributed by atoms with E-state index in [-0.39, 0.29) is 17.4 Å². The number of aromatic hydroxyl groups is 1. The number of Topliss-reactive ketones (excluding diaryl/α,β-unsaturated/α-hetero) is 1. The molecule has 0 unspecified atom stereocenters. The third-order valence-corrected chi connectivity index (χ3v) is 4.15. The Balaban J connectivity index is 2.01. The lowest BCUT2D eigenvalue weighted by atomic mass is 10.0. The zero-order valence-corrected chi connectivity index (χ0v) is 12.5. The van der Waals surface area contributed by atoms with Crippen LogP contribution in [0, 0.1) is 0 Å². The van der Waals surface area contributed by atoms with Crippen LogP contribution >= 0.6 is 23.2 Å². The topological polar surface area (TPSA) is 65.4 Å². The van der Waals surface area contributed by atoms with E-state index in [0.717, 1.165) is 0 Å². The summed E-state index contributed by atoms with van der Waals surface area (Å²) in [4.78, 5) is 19.7. The second-order valence-corrected chi connectivity index (χ2v) is 5.81. The smallest absolute Gasteiger partial charge is 0.214 e. The number of aromatic amines is 1. The predicted molar refractivity (Wildman–Crippen MR) is 87.0 cm³/mol. The molecule has 2 aromatic carbocycles. The van der Waals surface area contributed by atoms with Crippen LogP contribution in [0.25, 0.3) is 10.9 Å². The fourth-order valence-corrected chi connectivity index (χ4v) is 3.22. The highest BCUT2D eigenvalue weighted by Gasteiger charge is 2.30. The van der Waals surface area contributed by atoms with E-state index in [1.54, 1.807) is 36.4 Å². The van der Waals surface area contributed by atoms with E-state index in [1.807, 2.05) is 0 Å². The number of carbonyl (C=O) groups excluding carboxylic acids is 1. The first kappa shape index (κ1) is 13.4. The van der Waals surface area contributed by atoms with Gasteiger partial charge in [-0.05, 0) is 24.3 Å². The maximum absolute atomic E-state index is 12.5. The third kappa shape index (κ3) is 1.78. The molecule has 0 amide bonds. The maximum Gasteiger partial charge on any atom is 0.214 e. The van der Waals surface area contributed by atoms with E-state index in [2.05, 4.69) is 9.98 Å². The van der Waals surface area contributed by atoms with Gasteiger partial charge in [-0.2, -0.15) is 0 Å². The Labute approximate surface area is 135 Å². The number of hydrogen-bond donors (Lipinski definition) is 2. The molecule has 1 aliphatic rings. The molecule has 22 heavy (non-hydrogen) atoms. The first-order valence-electron chi connectivity index (χ1n) is 6.48. The number of ketones is 1. The fourth-order valence-electron chi connectivity index (χ4n) is 2.68. The summed E-state index contributed by atoms with van der Waals surface area (Å²) < 4.78 is 0. The van der Waals surface area contributed by atoms with Crippen molar-refractivity contribution in [3.05, 3.63) is 57.6 Å². The van der Waals surface area contributed by atoms with Gasteiger partial charge < -0.3 is 10.1 Å². The van der Waals surface area contributed by atoms with Crippen molar-refractivity contribution in [3.8, 4) is 5.88 Å². The molecular weight excluding hydrogens is 323 g/mol. The van der Waals surface area contributed by atoms with Crippen LogP contribution < -0.4 is 0 Å². The normalized spacial score (nSPS) is 13.5. The summed E-state index contributed by atoms with van der Waals surface area (Å²) in [7, 11) is 0. The van der Waals surface area contributed by atoms with Crippen LogP contribution in [0.4, 0.5) is 5.69 Å². The quantitative estimate of drug-likeness (QED) is 0.690. The van der Waals surface area contributed by atoms with Gasteiger partial charge in [0.05, 0.1) is 21.8 Å². The number of carbonyl (C=O) groups is 1. The molecule has 1 aliphatic heterocycles. The Kier molecular flexibility index (Phi) is 2.79. The van der Waals surface area contributed by atoms with Crippen LogP contribution in [0.15, 0.2) is 41.4 Å². The Bertz CT molecular complexity index is 989. The molecule has 0 radical (unpaired) electrons. The molecule has 6 heteroatoms. The van der Waals surface area contributed by atoms with E-state index in [4.69, 9.17) is 23.2 Å². The number of rotatable bonds is 1. The van der Waals surface area contributed by atoms with Gasteiger partial charge in [-0.25, -0.2) is 4.99 Å². The lowest BCUT2D eigenvalue weighted by molar-refractivity contribution is 0.107. The molecule has 0 saturated heterocycles. The van der Waals surface area contributed by atoms with Gasteiger partial charge in [-0.1, -0.05) is 35.3 Å². The van der Waals surface area contributed by atoms with Crippen molar-refractivity contribution < 1.29 is 9.90 Å². The minimum atomic E-state index is -0.233. The molecule has 2 heterocycles.